The molecule has 0 saturated heterocycles. The molecule has 1 aliphatic carbocycles. The monoisotopic (exact) mass is 442 g/mol. The number of nitrogens with one attached hydrogen (secondary N) is 2. The van der Waals surface area contributed by atoms with E-state index in [0.717, 1.165) is 39.9 Å². The highest BCUT2D eigenvalue weighted by Crippen LogP contribution is 2.48. The van der Waals surface area contributed by atoms with Crippen LogP contribution < -0.4 is 10.0 Å². The number of halogens is 1. The first-order chi connectivity index (χ1) is 11.9. The number of anilines is 1. The Morgan fingerprint density at radius 2 is 1.88 bits per heavy atom. The number of benzene rings is 1. The number of carbonyl (C=O) groups is 1. The van der Waals surface area contributed by atoms with E-state index in [-0.39, 0.29) is 10.1 Å². The second kappa shape index (κ2) is 7.09. The molecule has 25 heavy (non-hydrogen) atoms. The van der Waals surface area contributed by atoms with Gasteiger partial charge in [0.15, 0.2) is 0 Å². The summed E-state index contributed by atoms with van der Waals surface area (Å²) in [5.74, 6) is 0.0612. The molecule has 1 saturated carbocycles. The summed E-state index contributed by atoms with van der Waals surface area (Å²) in [7, 11) is -3.59. The molecule has 0 unspecified atom stereocenters. The molecule has 1 aromatic carbocycles. The molecule has 0 atom stereocenters. The van der Waals surface area contributed by atoms with Crippen molar-refractivity contribution < 1.29 is 13.2 Å². The molecule has 1 aliphatic rings. The molecule has 134 valence electrons. The van der Waals surface area contributed by atoms with Crippen molar-refractivity contribution in [2.75, 3.05) is 11.3 Å². The largest absolute Gasteiger partial charge is 0.355 e. The normalized spacial score (nSPS) is 15.6. The Hall–Kier alpha value is -1.38. The van der Waals surface area contributed by atoms with Gasteiger partial charge in [-0.05, 0) is 65.0 Å². The first kappa shape index (κ1) is 18.4. The summed E-state index contributed by atoms with van der Waals surface area (Å²) in [5.41, 5.74) is 0.978. The van der Waals surface area contributed by atoms with E-state index in [1.807, 2.05) is 19.1 Å². The highest BCUT2D eigenvalue weighted by molar-refractivity contribution is 9.11. The van der Waals surface area contributed by atoms with Crippen LogP contribution in [0.3, 0.4) is 0 Å². The van der Waals surface area contributed by atoms with Gasteiger partial charge in [-0.1, -0.05) is 19.1 Å². The fraction of sp³-hybridized carbons (Fsp3) is 0.353. The van der Waals surface area contributed by atoms with Crippen molar-refractivity contribution in [2.45, 2.75) is 35.8 Å². The minimum atomic E-state index is -3.59. The van der Waals surface area contributed by atoms with Crippen molar-refractivity contribution >= 4 is 48.9 Å². The minimum absolute atomic E-state index is 0.0612. The highest BCUT2D eigenvalue weighted by Gasteiger charge is 2.50. The Bertz CT molecular complexity index is 872. The Morgan fingerprint density at radius 1 is 1.20 bits per heavy atom. The number of thiophene rings is 1. The number of rotatable bonds is 7. The SMILES string of the molecule is CCCNC(=O)C1(c2ccc(NS(=O)(=O)c3ccc(Br)s3)cc2)CC1. The van der Waals surface area contributed by atoms with E-state index in [1.54, 1.807) is 24.3 Å². The lowest BCUT2D eigenvalue weighted by molar-refractivity contribution is -0.123. The van der Waals surface area contributed by atoms with Crippen molar-refractivity contribution in [3.05, 3.63) is 45.7 Å². The number of hydrogen-bond donors (Lipinski definition) is 2. The summed E-state index contributed by atoms with van der Waals surface area (Å²) in [6.07, 6.45) is 2.56. The maximum absolute atomic E-state index is 12.4. The quantitative estimate of drug-likeness (QED) is 0.682. The van der Waals surface area contributed by atoms with E-state index in [9.17, 15) is 13.2 Å². The Morgan fingerprint density at radius 3 is 2.40 bits per heavy atom. The van der Waals surface area contributed by atoms with Crippen molar-refractivity contribution in [3.63, 3.8) is 0 Å². The van der Waals surface area contributed by atoms with Crippen LogP contribution in [0.2, 0.25) is 0 Å². The van der Waals surface area contributed by atoms with Crippen LogP contribution in [-0.2, 0) is 20.2 Å². The molecule has 0 spiro atoms. The minimum Gasteiger partial charge on any atom is -0.355 e. The van der Waals surface area contributed by atoms with Gasteiger partial charge in [0.05, 0.1) is 9.20 Å². The van der Waals surface area contributed by atoms with E-state index in [4.69, 9.17) is 0 Å². The van der Waals surface area contributed by atoms with E-state index < -0.39 is 15.4 Å². The highest BCUT2D eigenvalue weighted by atomic mass is 79.9. The molecule has 2 aromatic rings. The Balaban J connectivity index is 1.74. The molecule has 5 nitrogen and oxygen atoms in total. The van der Waals surface area contributed by atoms with E-state index in [1.165, 1.54) is 0 Å². The molecule has 1 amide bonds. The molecule has 0 bridgehead atoms. The van der Waals surface area contributed by atoms with Gasteiger partial charge in [0, 0.05) is 12.2 Å². The fourth-order valence-corrected chi connectivity index (χ4v) is 5.75. The van der Waals surface area contributed by atoms with E-state index >= 15 is 0 Å². The predicted molar refractivity (Wildman–Crippen MR) is 103 cm³/mol. The van der Waals surface area contributed by atoms with Crippen LogP contribution in [-0.4, -0.2) is 20.9 Å². The predicted octanol–water partition coefficient (Wildman–Crippen LogP) is 3.87. The second-order valence-corrected chi connectivity index (χ2v) is 10.5. The third-order valence-corrected chi connectivity index (χ3v) is 7.72. The first-order valence-electron chi connectivity index (χ1n) is 8.04. The molecule has 0 aliphatic heterocycles. The van der Waals surface area contributed by atoms with Crippen LogP contribution >= 0.6 is 27.3 Å². The van der Waals surface area contributed by atoms with Gasteiger partial charge in [-0.2, -0.15) is 0 Å². The van der Waals surface area contributed by atoms with Crippen LogP contribution in [0.5, 0.6) is 0 Å². The molecule has 1 fully saturated rings. The molecule has 1 heterocycles. The summed E-state index contributed by atoms with van der Waals surface area (Å²) in [6, 6.07) is 10.4. The third-order valence-electron chi connectivity index (χ3n) is 4.22. The van der Waals surface area contributed by atoms with Crippen molar-refractivity contribution in [2.24, 2.45) is 0 Å². The van der Waals surface area contributed by atoms with Gasteiger partial charge in [-0.3, -0.25) is 9.52 Å². The molecule has 3 rings (SSSR count). The van der Waals surface area contributed by atoms with Crippen molar-refractivity contribution in [1.82, 2.24) is 5.32 Å². The van der Waals surface area contributed by atoms with Crippen LogP contribution in [0.15, 0.2) is 44.4 Å². The number of sulfonamides is 1. The molecule has 8 heteroatoms. The van der Waals surface area contributed by atoms with Gasteiger partial charge in [-0.25, -0.2) is 8.42 Å². The van der Waals surface area contributed by atoms with Crippen LogP contribution in [0.25, 0.3) is 0 Å². The van der Waals surface area contributed by atoms with Gasteiger partial charge in [0.1, 0.15) is 4.21 Å². The van der Waals surface area contributed by atoms with Crippen LogP contribution in [0.1, 0.15) is 31.7 Å². The van der Waals surface area contributed by atoms with Gasteiger partial charge >= 0.3 is 0 Å². The first-order valence-corrected chi connectivity index (χ1v) is 11.1. The summed E-state index contributed by atoms with van der Waals surface area (Å²) >= 11 is 4.42. The second-order valence-electron chi connectivity index (χ2n) is 6.08. The zero-order valence-electron chi connectivity index (χ0n) is 13.7. The lowest BCUT2D eigenvalue weighted by atomic mass is 9.95. The average Bonchev–Trinajstić information content (AvgIpc) is 3.27. The zero-order valence-corrected chi connectivity index (χ0v) is 16.9. The standard InChI is InChI=1S/C17H19BrN2O3S2/c1-2-11-19-16(21)17(9-10-17)12-3-5-13(6-4-12)20-25(22,23)15-8-7-14(18)24-15/h3-8,20H,2,9-11H2,1H3,(H,19,21). The van der Waals surface area contributed by atoms with Crippen molar-refractivity contribution in [1.29, 1.82) is 0 Å². The topological polar surface area (TPSA) is 75.3 Å². The van der Waals surface area contributed by atoms with E-state index in [0.29, 0.717) is 12.2 Å². The fourth-order valence-electron chi connectivity index (χ4n) is 2.68. The lowest BCUT2D eigenvalue weighted by Gasteiger charge is -2.16. The Kier molecular flexibility index (Phi) is 5.22. The summed E-state index contributed by atoms with van der Waals surface area (Å²) in [6.45, 7) is 2.70. The lowest BCUT2D eigenvalue weighted by Crippen LogP contribution is -2.35. The maximum atomic E-state index is 12.4. The summed E-state index contributed by atoms with van der Waals surface area (Å²) < 4.78 is 28.3. The zero-order chi connectivity index (χ0) is 18.1. The van der Waals surface area contributed by atoms with Gasteiger partial charge < -0.3 is 5.32 Å². The van der Waals surface area contributed by atoms with Crippen molar-refractivity contribution in [3.8, 4) is 0 Å². The molecular weight excluding hydrogens is 424 g/mol. The van der Waals surface area contributed by atoms with Gasteiger partial charge in [-0.15, -0.1) is 11.3 Å². The summed E-state index contributed by atoms with van der Waals surface area (Å²) in [5, 5.41) is 2.96. The molecule has 2 N–H and O–H groups in total. The molecular formula is C17H19BrN2O3S2. The Labute approximate surface area is 160 Å². The number of carbonyl (C=O) groups excluding carboxylic acids is 1. The molecule has 0 radical (unpaired) electrons. The summed E-state index contributed by atoms with van der Waals surface area (Å²) in [4.78, 5) is 12.4. The van der Waals surface area contributed by atoms with Crippen LogP contribution in [0.4, 0.5) is 5.69 Å². The smallest absolute Gasteiger partial charge is 0.271 e. The number of hydrogen-bond acceptors (Lipinski definition) is 4. The maximum Gasteiger partial charge on any atom is 0.271 e. The van der Waals surface area contributed by atoms with Gasteiger partial charge in [0.25, 0.3) is 10.0 Å². The third kappa shape index (κ3) is 3.91. The van der Waals surface area contributed by atoms with E-state index in [2.05, 4.69) is 26.0 Å². The molecule has 1 aromatic heterocycles. The number of amides is 1. The van der Waals surface area contributed by atoms with Crippen LogP contribution in [0, 0.1) is 0 Å². The average molecular weight is 443 g/mol. The van der Waals surface area contributed by atoms with Gasteiger partial charge in [0.2, 0.25) is 5.91 Å².